The molecule has 2 heterocycles. The molecule has 2 N–H and O–H groups in total. The van der Waals surface area contributed by atoms with Crippen LogP contribution in [-0.4, -0.2) is 59.5 Å². The molecule has 2 saturated heterocycles. The lowest BCUT2D eigenvalue weighted by Crippen LogP contribution is -2.40. The van der Waals surface area contributed by atoms with Crippen molar-refractivity contribution < 1.29 is 4.79 Å². The second-order valence-electron chi connectivity index (χ2n) is 6.46. The zero-order chi connectivity index (χ0) is 16.8. The average Bonchev–Trinajstić information content (AvgIpc) is 2.60. The highest BCUT2D eigenvalue weighted by molar-refractivity contribution is 7.99. The minimum atomic E-state index is 0. The summed E-state index contributed by atoms with van der Waals surface area (Å²) >= 11 is 3.96. The average molecular weight is 438 g/mol. The largest absolute Gasteiger partial charge is 0.326 e. The summed E-state index contributed by atoms with van der Waals surface area (Å²) in [5, 5.41) is 6.55. The van der Waals surface area contributed by atoms with Gasteiger partial charge in [0.05, 0.1) is 0 Å². The highest BCUT2D eigenvalue weighted by atomic mass is 35.5. The number of thioether (sulfide) groups is 2. The van der Waals surface area contributed by atoms with E-state index in [-0.39, 0.29) is 30.7 Å². The van der Waals surface area contributed by atoms with Gasteiger partial charge in [0.25, 0.3) is 0 Å². The fourth-order valence-corrected chi connectivity index (χ4v) is 5.09. The number of rotatable bonds is 5. The Morgan fingerprint density at radius 3 is 2.69 bits per heavy atom. The van der Waals surface area contributed by atoms with Crippen molar-refractivity contribution in [1.82, 2.24) is 10.2 Å². The number of nitrogens with zero attached hydrogens (tertiary/aromatic N) is 1. The summed E-state index contributed by atoms with van der Waals surface area (Å²) < 4.78 is 0. The Bertz CT molecular complexity index is 565. The number of anilines is 1. The van der Waals surface area contributed by atoms with Crippen LogP contribution in [-0.2, 0) is 11.3 Å². The van der Waals surface area contributed by atoms with Crippen LogP contribution in [0.1, 0.15) is 17.5 Å². The molecule has 1 aromatic carbocycles. The topological polar surface area (TPSA) is 44.4 Å². The molecule has 1 unspecified atom stereocenters. The van der Waals surface area contributed by atoms with Gasteiger partial charge in [-0.15, -0.1) is 24.8 Å². The zero-order valence-electron chi connectivity index (χ0n) is 15.2. The van der Waals surface area contributed by atoms with Gasteiger partial charge in [-0.1, -0.05) is 12.1 Å². The van der Waals surface area contributed by atoms with Crippen molar-refractivity contribution in [2.75, 3.05) is 48.0 Å². The van der Waals surface area contributed by atoms with Crippen LogP contribution in [0.3, 0.4) is 0 Å². The second-order valence-corrected chi connectivity index (χ2v) is 8.83. The molecule has 148 valence electrons. The van der Waals surface area contributed by atoms with Gasteiger partial charge in [-0.3, -0.25) is 9.69 Å². The number of hydrogen-bond donors (Lipinski definition) is 2. The first-order valence-electron chi connectivity index (χ1n) is 8.72. The number of amides is 1. The standard InChI is InChI=1S/C18H27N3OS2.2ClH/c1-14-15(12-21-6-9-23-10-7-21)3-2-4-17(14)20-18(22)11-16-13-24-8-5-19-16;;/h2-4,16,19H,5-13H2,1H3,(H,20,22);2*1H. The number of nitrogens with one attached hydrogen (secondary N) is 2. The summed E-state index contributed by atoms with van der Waals surface area (Å²) in [6.45, 7) is 6.43. The van der Waals surface area contributed by atoms with Crippen molar-refractivity contribution in [3.05, 3.63) is 29.3 Å². The van der Waals surface area contributed by atoms with E-state index in [1.807, 2.05) is 29.6 Å². The maximum absolute atomic E-state index is 12.4. The van der Waals surface area contributed by atoms with Gasteiger partial charge in [0, 0.05) is 67.3 Å². The summed E-state index contributed by atoms with van der Waals surface area (Å²) in [6.07, 6.45) is 0.556. The molecule has 4 nitrogen and oxygen atoms in total. The Morgan fingerprint density at radius 2 is 2.00 bits per heavy atom. The number of halogens is 2. The molecule has 26 heavy (non-hydrogen) atoms. The minimum Gasteiger partial charge on any atom is -0.326 e. The predicted octanol–water partition coefficient (Wildman–Crippen LogP) is 3.42. The van der Waals surface area contributed by atoms with E-state index in [1.54, 1.807) is 0 Å². The third-order valence-corrected chi connectivity index (χ3v) is 6.72. The molecule has 1 atom stereocenters. The maximum atomic E-state index is 12.4. The zero-order valence-corrected chi connectivity index (χ0v) is 18.4. The Hall–Kier alpha value is -0.110. The summed E-state index contributed by atoms with van der Waals surface area (Å²) in [5.74, 6) is 4.74. The van der Waals surface area contributed by atoms with Gasteiger partial charge in [0.2, 0.25) is 5.91 Å². The molecule has 0 aliphatic carbocycles. The van der Waals surface area contributed by atoms with E-state index in [0.717, 1.165) is 43.4 Å². The number of benzene rings is 1. The van der Waals surface area contributed by atoms with Crippen molar-refractivity contribution in [1.29, 1.82) is 0 Å². The third kappa shape index (κ3) is 7.13. The fourth-order valence-electron chi connectivity index (χ4n) is 3.17. The Balaban J connectivity index is 0.00000169. The maximum Gasteiger partial charge on any atom is 0.225 e. The highest BCUT2D eigenvalue weighted by Gasteiger charge is 2.18. The predicted molar refractivity (Wildman–Crippen MR) is 121 cm³/mol. The molecule has 2 fully saturated rings. The van der Waals surface area contributed by atoms with E-state index >= 15 is 0 Å². The lowest BCUT2D eigenvalue weighted by Gasteiger charge is -2.27. The molecular weight excluding hydrogens is 409 g/mol. The lowest BCUT2D eigenvalue weighted by atomic mass is 10.1. The molecule has 0 spiro atoms. The van der Waals surface area contributed by atoms with Crippen LogP contribution in [0.2, 0.25) is 0 Å². The van der Waals surface area contributed by atoms with E-state index in [9.17, 15) is 4.79 Å². The fraction of sp³-hybridized carbons (Fsp3) is 0.611. The number of carbonyl (C=O) groups is 1. The molecule has 1 aromatic rings. The first kappa shape index (κ1) is 23.9. The van der Waals surface area contributed by atoms with Crippen LogP contribution in [0.4, 0.5) is 5.69 Å². The van der Waals surface area contributed by atoms with Crippen molar-refractivity contribution in [2.24, 2.45) is 0 Å². The molecule has 0 radical (unpaired) electrons. The van der Waals surface area contributed by atoms with Gasteiger partial charge in [-0.05, 0) is 24.1 Å². The number of carbonyl (C=O) groups excluding carboxylic acids is 1. The van der Waals surface area contributed by atoms with Gasteiger partial charge in [0.1, 0.15) is 0 Å². The van der Waals surface area contributed by atoms with E-state index < -0.39 is 0 Å². The summed E-state index contributed by atoms with van der Waals surface area (Å²) in [6, 6.07) is 6.57. The molecule has 8 heteroatoms. The first-order chi connectivity index (χ1) is 11.7. The van der Waals surface area contributed by atoms with Crippen molar-refractivity contribution in [2.45, 2.75) is 25.9 Å². The first-order valence-corrected chi connectivity index (χ1v) is 11.0. The molecule has 3 rings (SSSR count). The van der Waals surface area contributed by atoms with Crippen LogP contribution in [0.15, 0.2) is 18.2 Å². The molecule has 0 bridgehead atoms. The van der Waals surface area contributed by atoms with Crippen molar-refractivity contribution in [3.63, 3.8) is 0 Å². The van der Waals surface area contributed by atoms with Gasteiger partial charge < -0.3 is 10.6 Å². The Labute approximate surface area is 177 Å². The lowest BCUT2D eigenvalue weighted by molar-refractivity contribution is -0.116. The minimum absolute atomic E-state index is 0. The summed E-state index contributed by atoms with van der Waals surface area (Å²) in [5.41, 5.74) is 3.49. The van der Waals surface area contributed by atoms with E-state index in [1.165, 1.54) is 22.6 Å². The second kappa shape index (κ2) is 12.4. The van der Waals surface area contributed by atoms with Gasteiger partial charge in [-0.25, -0.2) is 0 Å². The van der Waals surface area contributed by atoms with Crippen LogP contribution >= 0.6 is 48.3 Å². The summed E-state index contributed by atoms with van der Waals surface area (Å²) in [7, 11) is 0. The van der Waals surface area contributed by atoms with Crippen molar-refractivity contribution >= 4 is 59.9 Å². The molecule has 0 aromatic heterocycles. The Kier molecular flexibility index (Phi) is 11.4. The van der Waals surface area contributed by atoms with E-state index in [0.29, 0.717) is 12.5 Å². The molecule has 2 aliphatic rings. The molecular formula is C18H29Cl2N3OS2. The number of hydrogen-bond acceptors (Lipinski definition) is 5. The van der Waals surface area contributed by atoms with Crippen LogP contribution < -0.4 is 10.6 Å². The molecule has 1 amide bonds. The third-order valence-electron chi connectivity index (χ3n) is 4.65. The SMILES string of the molecule is Cc1c(CN2CCSCC2)cccc1NC(=O)CC1CSCCN1.Cl.Cl. The monoisotopic (exact) mass is 437 g/mol. The molecule has 2 aliphatic heterocycles. The van der Waals surface area contributed by atoms with Gasteiger partial charge in [0.15, 0.2) is 0 Å². The normalized spacial score (nSPS) is 20.6. The smallest absolute Gasteiger partial charge is 0.225 e. The van der Waals surface area contributed by atoms with Gasteiger partial charge >= 0.3 is 0 Å². The van der Waals surface area contributed by atoms with E-state index in [2.05, 4.69) is 34.6 Å². The quantitative estimate of drug-likeness (QED) is 0.738. The summed E-state index contributed by atoms with van der Waals surface area (Å²) in [4.78, 5) is 14.9. The highest BCUT2D eigenvalue weighted by Crippen LogP contribution is 2.22. The molecule has 0 saturated carbocycles. The van der Waals surface area contributed by atoms with E-state index in [4.69, 9.17) is 0 Å². The van der Waals surface area contributed by atoms with Crippen LogP contribution in [0.25, 0.3) is 0 Å². The van der Waals surface area contributed by atoms with Crippen molar-refractivity contribution in [3.8, 4) is 0 Å². The van der Waals surface area contributed by atoms with Gasteiger partial charge in [-0.2, -0.15) is 23.5 Å². The van der Waals surface area contributed by atoms with Crippen LogP contribution in [0, 0.1) is 6.92 Å². The van der Waals surface area contributed by atoms with Crippen LogP contribution in [0.5, 0.6) is 0 Å². The Morgan fingerprint density at radius 1 is 1.23 bits per heavy atom.